The summed E-state index contributed by atoms with van der Waals surface area (Å²) in [6, 6.07) is 20.5. The number of ether oxygens (including phenoxy) is 3. The van der Waals surface area contributed by atoms with Crippen molar-refractivity contribution in [3.63, 3.8) is 0 Å². The molecule has 0 bridgehead atoms. The van der Waals surface area contributed by atoms with E-state index < -0.39 is 5.97 Å². The van der Waals surface area contributed by atoms with Crippen molar-refractivity contribution in [3.05, 3.63) is 77.9 Å². The van der Waals surface area contributed by atoms with Crippen LogP contribution < -0.4 is 14.2 Å². The molecule has 6 nitrogen and oxygen atoms in total. The van der Waals surface area contributed by atoms with Gasteiger partial charge in [0.05, 0.1) is 18.1 Å². The van der Waals surface area contributed by atoms with Crippen LogP contribution in [0, 0.1) is 30.6 Å². The topological polar surface area (TPSA) is 82.1 Å². The van der Waals surface area contributed by atoms with Gasteiger partial charge in [-0.3, -0.25) is 4.79 Å². The third kappa shape index (κ3) is 11.2. The monoisotopic (exact) mass is 682 g/mol. The minimum absolute atomic E-state index is 0.0399. The minimum atomic E-state index is -0.436. The van der Waals surface area contributed by atoms with Crippen LogP contribution >= 0.6 is 0 Å². The van der Waals surface area contributed by atoms with Crippen LogP contribution in [0.2, 0.25) is 0 Å². The van der Waals surface area contributed by atoms with Gasteiger partial charge in [0, 0.05) is 6.61 Å². The van der Waals surface area contributed by atoms with Crippen molar-refractivity contribution in [1.29, 1.82) is 0 Å². The van der Waals surface area contributed by atoms with Crippen molar-refractivity contribution in [2.45, 2.75) is 117 Å². The Hall–Kier alpha value is -3.64. The van der Waals surface area contributed by atoms with Crippen molar-refractivity contribution < 1.29 is 28.9 Å². The van der Waals surface area contributed by atoms with Gasteiger partial charge in [-0.1, -0.05) is 76.1 Å². The van der Waals surface area contributed by atoms with Crippen LogP contribution in [0.4, 0.5) is 0 Å². The summed E-state index contributed by atoms with van der Waals surface area (Å²) in [5.41, 5.74) is 3.22. The molecule has 3 aromatic rings. The van der Waals surface area contributed by atoms with E-state index in [0.717, 1.165) is 91.6 Å². The predicted octanol–water partition coefficient (Wildman–Crippen LogP) is 10.9. The Morgan fingerprint density at radius 3 is 1.94 bits per heavy atom. The van der Waals surface area contributed by atoms with Gasteiger partial charge in [0.1, 0.15) is 17.2 Å². The Kier molecular flexibility index (Phi) is 14.8. The molecule has 2 aliphatic carbocycles. The van der Waals surface area contributed by atoms with E-state index in [0.29, 0.717) is 23.7 Å². The number of aryl methyl sites for hydroxylation is 1. The summed E-state index contributed by atoms with van der Waals surface area (Å²) < 4.78 is 17.4. The molecule has 6 heteroatoms. The molecule has 0 heterocycles. The standard InChI is InChI=1S/C44H58O6/c1-3-4-7-10-33-11-13-34(14-12-33)35-15-19-38(20-16-35)43(46)49-41-27-28-42(32(2)31-41)50-44(47)39-21-17-36(18-22-39)37-23-25-40(26-24-37)48-30-9-6-5-8-29-45/h17-18,21-28,31,33-35,38,45H,3-16,19-20,29-30H2,1-2H3. The molecule has 50 heavy (non-hydrogen) atoms. The molecule has 2 fully saturated rings. The number of carbonyl (C=O) groups excluding carboxylic acids is 2. The van der Waals surface area contributed by atoms with Gasteiger partial charge in [0.2, 0.25) is 0 Å². The number of benzene rings is 3. The van der Waals surface area contributed by atoms with Gasteiger partial charge in [-0.05, 0) is 142 Å². The first-order chi connectivity index (χ1) is 24.4. The Morgan fingerprint density at radius 2 is 1.30 bits per heavy atom. The number of hydrogen-bond acceptors (Lipinski definition) is 6. The van der Waals surface area contributed by atoms with E-state index in [9.17, 15) is 9.59 Å². The van der Waals surface area contributed by atoms with Crippen molar-refractivity contribution in [1.82, 2.24) is 0 Å². The van der Waals surface area contributed by atoms with E-state index >= 15 is 0 Å². The smallest absolute Gasteiger partial charge is 0.343 e. The van der Waals surface area contributed by atoms with E-state index in [1.807, 2.05) is 43.3 Å². The van der Waals surface area contributed by atoms with Gasteiger partial charge in [0.25, 0.3) is 0 Å². The van der Waals surface area contributed by atoms with E-state index in [2.05, 4.69) is 6.92 Å². The predicted molar refractivity (Wildman–Crippen MR) is 200 cm³/mol. The van der Waals surface area contributed by atoms with E-state index in [1.54, 1.807) is 30.3 Å². The molecule has 270 valence electrons. The molecule has 0 atom stereocenters. The first kappa shape index (κ1) is 37.6. The average molecular weight is 683 g/mol. The molecular weight excluding hydrogens is 624 g/mol. The second-order valence-electron chi connectivity index (χ2n) is 14.7. The largest absolute Gasteiger partial charge is 0.494 e. The number of esters is 2. The zero-order chi connectivity index (χ0) is 35.1. The Balaban J connectivity index is 1.04. The van der Waals surface area contributed by atoms with Gasteiger partial charge in [0.15, 0.2) is 0 Å². The van der Waals surface area contributed by atoms with Crippen molar-refractivity contribution in [2.24, 2.45) is 23.7 Å². The molecule has 1 N–H and O–H groups in total. The van der Waals surface area contributed by atoms with Gasteiger partial charge >= 0.3 is 11.9 Å². The zero-order valence-electron chi connectivity index (χ0n) is 30.4. The molecule has 3 aromatic carbocycles. The fourth-order valence-corrected chi connectivity index (χ4v) is 7.92. The minimum Gasteiger partial charge on any atom is -0.494 e. The molecule has 0 unspecified atom stereocenters. The molecule has 0 amide bonds. The van der Waals surface area contributed by atoms with Gasteiger partial charge in [-0.15, -0.1) is 0 Å². The van der Waals surface area contributed by atoms with Crippen LogP contribution in [0.25, 0.3) is 11.1 Å². The van der Waals surface area contributed by atoms with Crippen LogP contribution in [0.15, 0.2) is 66.7 Å². The number of aliphatic hydroxyl groups excluding tert-OH is 1. The summed E-state index contributed by atoms with van der Waals surface area (Å²) >= 11 is 0. The molecule has 2 saturated carbocycles. The summed E-state index contributed by atoms with van der Waals surface area (Å²) in [7, 11) is 0. The molecule has 0 aromatic heterocycles. The van der Waals surface area contributed by atoms with Crippen LogP contribution in [0.1, 0.15) is 126 Å². The van der Waals surface area contributed by atoms with Crippen molar-refractivity contribution >= 4 is 11.9 Å². The Bertz CT molecular complexity index is 1460. The zero-order valence-corrected chi connectivity index (χ0v) is 30.4. The Labute approximate surface area is 299 Å². The fraction of sp³-hybridized carbons (Fsp3) is 0.545. The number of rotatable bonds is 17. The maximum Gasteiger partial charge on any atom is 0.343 e. The highest BCUT2D eigenvalue weighted by molar-refractivity contribution is 5.92. The summed E-state index contributed by atoms with van der Waals surface area (Å²) in [6.07, 6.45) is 19.0. The molecule has 0 radical (unpaired) electrons. The molecule has 0 saturated heterocycles. The normalized spacial score (nSPS) is 20.6. The van der Waals surface area contributed by atoms with Crippen molar-refractivity contribution in [3.8, 4) is 28.4 Å². The summed E-state index contributed by atoms with van der Waals surface area (Å²) in [5, 5.41) is 8.88. The second kappa shape index (κ2) is 19.7. The van der Waals surface area contributed by atoms with Crippen LogP contribution in [0.5, 0.6) is 17.2 Å². The first-order valence-electron chi connectivity index (χ1n) is 19.4. The summed E-state index contributed by atoms with van der Waals surface area (Å²) in [6.45, 7) is 5.05. The molecule has 2 aliphatic rings. The lowest BCUT2D eigenvalue weighted by Crippen LogP contribution is -2.30. The maximum atomic E-state index is 13.1. The third-order valence-corrected chi connectivity index (χ3v) is 11.1. The summed E-state index contributed by atoms with van der Waals surface area (Å²) in [4.78, 5) is 26.1. The van der Waals surface area contributed by atoms with Gasteiger partial charge < -0.3 is 19.3 Å². The van der Waals surface area contributed by atoms with Gasteiger partial charge in [-0.2, -0.15) is 0 Å². The highest BCUT2D eigenvalue weighted by Gasteiger charge is 2.33. The van der Waals surface area contributed by atoms with Gasteiger partial charge in [-0.25, -0.2) is 4.79 Å². The number of aliphatic hydroxyl groups is 1. The number of unbranched alkanes of at least 4 members (excludes halogenated alkanes) is 5. The van der Waals surface area contributed by atoms with Crippen LogP contribution in [-0.2, 0) is 4.79 Å². The number of carbonyl (C=O) groups is 2. The lowest BCUT2D eigenvalue weighted by molar-refractivity contribution is -0.140. The lowest BCUT2D eigenvalue weighted by Gasteiger charge is -2.37. The molecular formula is C44H58O6. The quantitative estimate of drug-likeness (QED) is 0.0867. The molecule has 0 aliphatic heterocycles. The second-order valence-corrected chi connectivity index (χ2v) is 14.7. The van der Waals surface area contributed by atoms with E-state index in [4.69, 9.17) is 19.3 Å². The van der Waals surface area contributed by atoms with Crippen molar-refractivity contribution in [2.75, 3.05) is 13.2 Å². The van der Waals surface area contributed by atoms with E-state index in [-0.39, 0.29) is 18.5 Å². The lowest BCUT2D eigenvalue weighted by atomic mass is 9.68. The first-order valence-corrected chi connectivity index (χ1v) is 19.4. The number of hydrogen-bond donors (Lipinski definition) is 1. The SMILES string of the molecule is CCCCCC1CCC(C2CCC(C(=O)Oc3ccc(OC(=O)c4ccc(-c5ccc(OCCCCCCO)cc5)cc4)c(C)c3)CC2)CC1. The maximum absolute atomic E-state index is 13.1. The summed E-state index contributed by atoms with van der Waals surface area (Å²) in [5.74, 6) is 3.70. The molecule has 0 spiro atoms. The van der Waals surface area contributed by atoms with Crippen LogP contribution in [0.3, 0.4) is 0 Å². The van der Waals surface area contributed by atoms with Crippen LogP contribution in [-0.4, -0.2) is 30.3 Å². The average Bonchev–Trinajstić information content (AvgIpc) is 3.15. The third-order valence-electron chi connectivity index (χ3n) is 11.1. The Morgan fingerprint density at radius 1 is 0.680 bits per heavy atom. The molecule has 5 rings (SSSR count). The highest BCUT2D eigenvalue weighted by Crippen LogP contribution is 2.42. The van der Waals surface area contributed by atoms with E-state index in [1.165, 1.54) is 51.4 Å². The highest BCUT2D eigenvalue weighted by atomic mass is 16.5. The fourth-order valence-electron chi connectivity index (χ4n) is 7.92.